The van der Waals surface area contributed by atoms with Crippen molar-refractivity contribution in [3.8, 4) is 10.6 Å². The van der Waals surface area contributed by atoms with Gasteiger partial charge in [0, 0.05) is 23.4 Å². The largest absolute Gasteiger partial charge is 0.339 e. The molecule has 0 saturated carbocycles. The number of hydrogen-bond donors (Lipinski definition) is 0. The minimum absolute atomic E-state index is 0.130. The van der Waals surface area contributed by atoms with Crippen molar-refractivity contribution in [2.45, 2.75) is 46.5 Å². The van der Waals surface area contributed by atoms with Crippen molar-refractivity contribution in [1.29, 1.82) is 0 Å². The number of thiophene rings is 1. The molecule has 0 aliphatic rings. The highest BCUT2D eigenvalue weighted by Crippen LogP contribution is 2.30. The second-order valence-electron chi connectivity index (χ2n) is 6.98. The molecule has 0 atom stereocenters. The van der Waals surface area contributed by atoms with Crippen molar-refractivity contribution in [1.82, 2.24) is 9.88 Å². The van der Waals surface area contributed by atoms with Gasteiger partial charge in [-0.2, -0.15) is 0 Å². The predicted molar refractivity (Wildman–Crippen MR) is 116 cm³/mol. The Bertz CT molecular complexity index is 908. The predicted octanol–water partition coefficient (Wildman–Crippen LogP) is 6.31. The zero-order chi connectivity index (χ0) is 19.2. The molecular formula is C23H28N2OS. The van der Waals surface area contributed by atoms with Gasteiger partial charge in [0.2, 0.25) is 0 Å². The Kier molecular flexibility index (Phi) is 6.62. The topological polar surface area (TPSA) is 33.2 Å². The summed E-state index contributed by atoms with van der Waals surface area (Å²) in [7, 11) is 0. The summed E-state index contributed by atoms with van der Waals surface area (Å²) in [5.41, 5.74) is 2.55. The Labute approximate surface area is 166 Å². The maximum Gasteiger partial charge on any atom is 0.254 e. The van der Waals surface area contributed by atoms with Gasteiger partial charge in [0.15, 0.2) is 0 Å². The number of amides is 1. The minimum Gasteiger partial charge on any atom is -0.339 e. The molecule has 0 N–H and O–H groups in total. The van der Waals surface area contributed by atoms with E-state index in [1.54, 1.807) is 11.3 Å². The molecule has 0 fully saturated rings. The fraction of sp³-hybridized carbons (Fsp3) is 0.391. The molecule has 0 bridgehead atoms. The molecular weight excluding hydrogens is 352 g/mol. The average molecular weight is 381 g/mol. The molecule has 3 aromatic rings. The molecule has 0 aliphatic heterocycles. The van der Waals surface area contributed by atoms with E-state index in [0.29, 0.717) is 0 Å². The number of rotatable bonds is 8. The van der Waals surface area contributed by atoms with Crippen LogP contribution in [0.2, 0.25) is 0 Å². The normalized spacial score (nSPS) is 11.1. The maximum atomic E-state index is 13.5. The number of carbonyl (C=O) groups is 1. The summed E-state index contributed by atoms with van der Waals surface area (Å²) in [4.78, 5) is 22.7. The third-order valence-electron chi connectivity index (χ3n) is 4.79. The summed E-state index contributed by atoms with van der Waals surface area (Å²) in [6.45, 7) is 8.07. The van der Waals surface area contributed by atoms with Gasteiger partial charge >= 0.3 is 0 Å². The smallest absolute Gasteiger partial charge is 0.254 e. The van der Waals surface area contributed by atoms with Crippen LogP contribution in [0.5, 0.6) is 0 Å². The summed E-state index contributed by atoms with van der Waals surface area (Å²) >= 11 is 1.72. The number of para-hydroxylation sites is 1. The van der Waals surface area contributed by atoms with Gasteiger partial charge in [-0.05, 0) is 44.0 Å². The van der Waals surface area contributed by atoms with Crippen LogP contribution < -0.4 is 0 Å². The van der Waals surface area contributed by atoms with E-state index in [9.17, 15) is 4.79 Å². The van der Waals surface area contributed by atoms with Crippen LogP contribution in [-0.4, -0.2) is 28.9 Å². The molecule has 4 heteroatoms. The Morgan fingerprint density at radius 1 is 1.04 bits per heavy atom. The van der Waals surface area contributed by atoms with Crippen LogP contribution >= 0.6 is 11.3 Å². The third-order valence-corrected chi connectivity index (χ3v) is 5.81. The molecule has 2 aromatic heterocycles. The second-order valence-corrected chi connectivity index (χ2v) is 8.27. The van der Waals surface area contributed by atoms with Gasteiger partial charge < -0.3 is 4.90 Å². The summed E-state index contributed by atoms with van der Waals surface area (Å²) < 4.78 is 0. The molecule has 27 heavy (non-hydrogen) atoms. The lowest BCUT2D eigenvalue weighted by molar-refractivity contribution is 0.0753. The van der Waals surface area contributed by atoms with E-state index in [4.69, 9.17) is 4.98 Å². The van der Waals surface area contributed by atoms with Crippen LogP contribution in [-0.2, 0) is 0 Å². The molecule has 3 nitrogen and oxygen atoms in total. The Hall–Kier alpha value is -2.20. The summed E-state index contributed by atoms with van der Waals surface area (Å²) in [6.07, 6.45) is 4.25. The van der Waals surface area contributed by atoms with Gasteiger partial charge in [-0.1, -0.05) is 44.9 Å². The molecule has 142 valence electrons. The van der Waals surface area contributed by atoms with Crippen LogP contribution in [0.3, 0.4) is 0 Å². The zero-order valence-electron chi connectivity index (χ0n) is 16.5. The van der Waals surface area contributed by atoms with Crippen LogP contribution in [0.25, 0.3) is 21.5 Å². The van der Waals surface area contributed by atoms with E-state index in [0.717, 1.165) is 65.8 Å². The zero-order valence-corrected chi connectivity index (χ0v) is 17.3. The highest BCUT2D eigenvalue weighted by molar-refractivity contribution is 7.15. The molecule has 1 amide bonds. The standard InChI is InChI=1S/C23H28N2OS/c1-4-6-14-25(15-7-5-2)23(26)19-16-21(22-13-12-17(3)27-22)24-20-11-9-8-10-18(19)20/h8-13,16H,4-7,14-15H2,1-3H3. The van der Waals surface area contributed by atoms with Gasteiger partial charge in [-0.25, -0.2) is 4.98 Å². The first-order chi connectivity index (χ1) is 13.1. The van der Waals surface area contributed by atoms with Crippen LogP contribution in [0.1, 0.15) is 54.8 Å². The molecule has 2 heterocycles. The molecule has 0 spiro atoms. The number of aryl methyl sites for hydroxylation is 1. The first-order valence-corrected chi connectivity index (χ1v) is 10.7. The van der Waals surface area contributed by atoms with Crippen molar-refractivity contribution in [2.24, 2.45) is 0 Å². The fourth-order valence-corrected chi connectivity index (χ4v) is 4.06. The number of aromatic nitrogens is 1. The molecule has 1 aromatic carbocycles. The number of fused-ring (bicyclic) bond motifs is 1. The molecule has 0 aliphatic carbocycles. The number of carbonyl (C=O) groups excluding carboxylic acids is 1. The van der Waals surface area contributed by atoms with Gasteiger partial charge in [0.25, 0.3) is 5.91 Å². The van der Waals surface area contributed by atoms with E-state index < -0.39 is 0 Å². The van der Waals surface area contributed by atoms with Crippen LogP contribution in [0, 0.1) is 6.92 Å². The molecule has 0 saturated heterocycles. The Balaban J connectivity index is 2.06. The number of pyridine rings is 1. The third kappa shape index (κ3) is 4.56. The van der Waals surface area contributed by atoms with Gasteiger partial charge in [-0.3, -0.25) is 4.79 Å². The van der Waals surface area contributed by atoms with E-state index in [-0.39, 0.29) is 5.91 Å². The molecule has 0 unspecified atom stereocenters. The molecule has 3 rings (SSSR count). The lowest BCUT2D eigenvalue weighted by Gasteiger charge is -2.23. The first-order valence-electron chi connectivity index (χ1n) is 9.90. The first kappa shape index (κ1) is 19.6. The van der Waals surface area contributed by atoms with Crippen molar-refractivity contribution in [3.63, 3.8) is 0 Å². The fourth-order valence-electron chi connectivity index (χ4n) is 3.23. The van der Waals surface area contributed by atoms with E-state index in [2.05, 4.69) is 32.9 Å². The minimum atomic E-state index is 0.130. The molecule has 0 radical (unpaired) electrons. The van der Waals surface area contributed by atoms with Gasteiger partial charge in [-0.15, -0.1) is 11.3 Å². The van der Waals surface area contributed by atoms with Crippen molar-refractivity contribution in [2.75, 3.05) is 13.1 Å². The highest BCUT2D eigenvalue weighted by atomic mass is 32.1. The monoisotopic (exact) mass is 380 g/mol. The van der Waals surface area contributed by atoms with Crippen molar-refractivity contribution >= 4 is 28.1 Å². The van der Waals surface area contributed by atoms with Gasteiger partial charge in [0.1, 0.15) is 0 Å². The quantitative estimate of drug-likeness (QED) is 0.458. The van der Waals surface area contributed by atoms with Crippen molar-refractivity contribution in [3.05, 3.63) is 52.9 Å². The maximum absolute atomic E-state index is 13.5. The lowest BCUT2D eigenvalue weighted by atomic mass is 10.1. The number of unbranched alkanes of at least 4 members (excludes halogenated alkanes) is 2. The summed E-state index contributed by atoms with van der Waals surface area (Å²) in [5.74, 6) is 0.130. The number of benzene rings is 1. The van der Waals surface area contributed by atoms with E-state index in [1.807, 2.05) is 35.2 Å². The summed E-state index contributed by atoms with van der Waals surface area (Å²) in [6, 6.07) is 14.2. The van der Waals surface area contributed by atoms with Crippen LogP contribution in [0.4, 0.5) is 0 Å². The Morgan fingerprint density at radius 3 is 2.37 bits per heavy atom. The SMILES string of the molecule is CCCCN(CCCC)C(=O)c1cc(-c2ccc(C)s2)nc2ccccc12. The average Bonchev–Trinajstić information content (AvgIpc) is 3.13. The van der Waals surface area contributed by atoms with Gasteiger partial charge in [0.05, 0.1) is 21.7 Å². The Morgan fingerprint density at radius 2 is 1.74 bits per heavy atom. The highest BCUT2D eigenvalue weighted by Gasteiger charge is 2.19. The number of hydrogen-bond acceptors (Lipinski definition) is 3. The number of nitrogens with zero attached hydrogens (tertiary/aromatic N) is 2. The van der Waals surface area contributed by atoms with E-state index in [1.165, 1.54) is 4.88 Å². The van der Waals surface area contributed by atoms with Crippen molar-refractivity contribution < 1.29 is 4.79 Å². The van der Waals surface area contributed by atoms with E-state index >= 15 is 0 Å². The summed E-state index contributed by atoms with van der Waals surface area (Å²) in [5, 5.41) is 0.942. The van der Waals surface area contributed by atoms with Crippen LogP contribution in [0.15, 0.2) is 42.5 Å². The second kappa shape index (κ2) is 9.14. The lowest BCUT2D eigenvalue weighted by Crippen LogP contribution is -2.33.